The van der Waals surface area contributed by atoms with Crippen LogP contribution >= 0.6 is 0 Å². The molecule has 1 atom stereocenters. The maximum atomic E-state index is 13.7. The Hall–Kier alpha value is -2.01. The minimum Gasteiger partial charge on any atom is -0.481 e. The molecule has 1 heterocycles. The van der Waals surface area contributed by atoms with E-state index in [1.807, 2.05) is 6.92 Å². The molecule has 2 rings (SSSR count). The first-order valence-corrected chi connectivity index (χ1v) is 5.89. The van der Waals surface area contributed by atoms with Crippen molar-refractivity contribution in [3.63, 3.8) is 0 Å². The third-order valence-electron chi connectivity index (χ3n) is 2.82. The monoisotopic (exact) mass is 262 g/mol. The van der Waals surface area contributed by atoms with Gasteiger partial charge in [0.1, 0.15) is 12.1 Å². The van der Waals surface area contributed by atoms with Crippen LogP contribution in [0.5, 0.6) is 5.88 Å². The molecule has 1 aromatic heterocycles. The molecule has 0 fully saturated rings. The lowest BCUT2D eigenvalue weighted by Gasteiger charge is -2.12. The van der Waals surface area contributed by atoms with Crippen molar-refractivity contribution in [2.75, 3.05) is 7.11 Å². The molecule has 0 radical (unpaired) electrons. The van der Waals surface area contributed by atoms with Crippen molar-refractivity contribution in [1.29, 1.82) is 0 Å². The molecule has 0 amide bonds. The van der Waals surface area contributed by atoms with E-state index in [1.54, 1.807) is 18.2 Å². The van der Waals surface area contributed by atoms with Gasteiger partial charge in [0.15, 0.2) is 0 Å². The van der Waals surface area contributed by atoms with Crippen molar-refractivity contribution < 1.29 is 14.2 Å². The first-order chi connectivity index (χ1) is 9.10. The molecule has 0 spiro atoms. The van der Waals surface area contributed by atoms with E-state index < -0.39 is 11.9 Å². The summed E-state index contributed by atoms with van der Waals surface area (Å²) < 4.78 is 18.6. The lowest BCUT2D eigenvalue weighted by Crippen LogP contribution is -2.06. The Kier molecular flexibility index (Phi) is 4.06. The maximum absolute atomic E-state index is 13.7. The summed E-state index contributed by atoms with van der Waals surface area (Å²) in [6, 6.07) is 6.28. The molecular weight excluding hydrogens is 247 g/mol. The lowest BCUT2D eigenvalue weighted by molar-refractivity contribution is 0.172. The van der Waals surface area contributed by atoms with Crippen molar-refractivity contribution in [1.82, 2.24) is 9.97 Å². The van der Waals surface area contributed by atoms with Crippen LogP contribution in [-0.2, 0) is 6.42 Å². The van der Waals surface area contributed by atoms with Gasteiger partial charge in [0.05, 0.1) is 18.9 Å². The summed E-state index contributed by atoms with van der Waals surface area (Å²) in [5, 5.41) is 10.1. The highest BCUT2D eigenvalue weighted by Gasteiger charge is 2.14. The van der Waals surface area contributed by atoms with Crippen molar-refractivity contribution in [3.05, 3.63) is 53.2 Å². The van der Waals surface area contributed by atoms with Gasteiger partial charge >= 0.3 is 0 Å². The third kappa shape index (κ3) is 3.26. The highest BCUT2D eigenvalue weighted by atomic mass is 19.1. The SMILES string of the molecule is COc1cc(CC(O)c2cc(C)ccc2F)ncn1. The fourth-order valence-electron chi connectivity index (χ4n) is 1.83. The van der Waals surface area contributed by atoms with Crippen LogP contribution < -0.4 is 4.74 Å². The van der Waals surface area contributed by atoms with E-state index in [0.717, 1.165) is 5.56 Å². The number of nitrogens with zero attached hydrogens (tertiary/aromatic N) is 2. The fourth-order valence-corrected chi connectivity index (χ4v) is 1.83. The second-order valence-electron chi connectivity index (χ2n) is 4.30. The molecule has 19 heavy (non-hydrogen) atoms. The molecule has 0 saturated heterocycles. The maximum Gasteiger partial charge on any atom is 0.216 e. The van der Waals surface area contributed by atoms with E-state index >= 15 is 0 Å². The number of aliphatic hydroxyl groups is 1. The first-order valence-electron chi connectivity index (χ1n) is 5.89. The molecule has 5 heteroatoms. The second-order valence-corrected chi connectivity index (χ2v) is 4.30. The van der Waals surface area contributed by atoms with Crippen LogP contribution in [0, 0.1) is 12.7 Å². The summed E-state index contributed by atoms with van der Waals surface area (Å²) in [7, 11) is 1.50. The zero-order chi connectivity index (χ0) is 13.8. The Balaban J connectivity index is 2.20. The summed E-state index contributed by atoms with van der Waals surface area (Å²) in [6.45, 7) is 1.85. The average molecular weight is 262 g/mol. The lowest BCUT2D eigenvalue weighted by atomic mass is 10.0. The number of hydrogen-bond acceptors (Lipinski definition) is 4. The van der Waals surface area contributed by atoms with Crippen LogP contribution in [-0.4, -0.2) is 22.2 Å². The van der Waals surface area contributed by atoms with Crippen LogP contribution in [0.25, 0.3) is 0 Å². The number of aryl methyl sites for hydroxylation is 1. The standard InChI is InChI=1S/C14H15FN2O2/c1-9-3-4-12(15)11(5-9)13(18)6-10-7-14(19-2)17-8-16-10/h3-5,7-8,13,18H,6H2,1-2H3. The number of ether oxygens (including phenoxy) is 1. The van der Waals surface area contributed by atoms with Gasteiger partial charge in [-0.1, -0.05) is 17.7 Å². The first kappa shape index (κ1) is 13.4. The quantitative estimate of drug-likeness (QED) is 0.917. The van der Waals surface area contributed by atoms with Crippen molar-refractivity contribution in [2.45, 2.75) is 19.4 Å². The van der Waals surface area contributed by atoms with Gasteiger partial charge in [-0.15, -0.1) is 0 Å². The van der Waals surface area contributed by atoms with E-state index in [9.17, 15) is 9.50 Å². The molecule has 0 aliphatic carbocycles. The van der Waals surface area contributed by atoms with Crippen LogP contribution in [0.15, 0.2) is 30.6 Å². The zero-order valence-corrected chi connectivity index (χ0v) is 10.8. The Morgan fingerprint density at radius 3 is 2.84 bits per heavy atom. The minimum absolute atomic E-state index is 0.208. The van der Waals surface area contributed by atoms with Crippen molar-refractivity contribution >= 4 is 0 Å². The summed E-state index contributed by atoms with van der Waals surface area (Å²) in [6.07, 6.45) is 0.617. The Labute approximate surface area is 110 Å². The molecule has 100 valence electrons. The van der Waals surface area contributed by atoms with Crippen LogP contribution in [0.3, 0.4) is 0 Å². The summed E-state index contributed by atoms with van der Waals surface area (Å²) in [5.41, 5.74) is 1.77. The van der Waals surface area contributed by atoms with Crippen molar-refractivity contribution in [3.8, 4) is 5.88 Å². The number of hydrogen-bond donors (Lipinski definition) is 1. The number of rotatable bonds is 4. The molecule has 0 saturated carbocycles. The van der Waals surface area contributed by atoms with Gasteiger partial charge in [0, 0.05) is 18.1 Å². The summed E-state index contributed by atoms with van der Waals surface area (Å²) >= 11 is 0. The Morgan fingerprint density at radius 1 is 1.32 bits per heavy atom. The molecule has 0 aliphatic heterocycles. The Morgan fingerprint density at radius 2 is 2.11 bits per heavy atom. The number of aliphatic hydroxyl groups excluding tert-OH is 1. The smallest absolute Gasteiger partial charge is 0.216 e. The second kappa shape index (κ2) is 5.75. The molecule has 4 nitrogen and oxygen atoms in total. The van der Waals surface area contributed by atoms with Crippen LogP contribution in [0.1, 0.15) is 22.9 Å². The van der Waals surface area contributed by atoms with E-state index in [-0.39, 0.29) is 12.0 Å². The van der Waals surface area contributed by atoms with Gasteiger partial charge in [-0.25, -0.2) is 14.4 Å². The predicted octanol–water partition coefficient (Wildman–Crippen LogP) is 2.21. The largest absolute Gasteiger partial charge is 0.481 e. The molecule has 0 bridgehead atoms. The van der Waals surface area contributed by atoms with E-state index in [1.165, 1.54) is 19.5 Å². The van der Waals surface area contributed by atoms with Crippen molar-refractivity contribution in [2.24, 2.45) is 0 Å². The van der Waals surface area contributed by atoms with Gasteiger partial charge in [0.2, 0.25) is 5.88 Å². The van der Waals surface area contributed by atoms with Crippen LogP contribution in [0.2, 0.25) is 0 Å². The molecular formula is C14H15FN2O2. The average Bonchev–Trinajstić information content (AvgIpc) is 2.41. The molecule has 1 N–H and O–H groups in total. The number of methoxy groups -OCH3 is 1. The fraction of sp³-hybridized carbons (Fsp3) is 0.286. The van der Waals surface area contributed by atoms with E-state index in [0.29, 0.717) is 11.6 Å². The highest BCUT2D eigenvalue weighted by molar-refractivity contribution is 5.27. The van der Waals surface area contributed by atoms with E-state index in [2.05, 4.69) is 9.97 Å². The minimum atomic E-state index is -0.945. The van der Waals surface area contributed by atoms with Gasteiger partial charge in [-0.2, -0.15) is 0 Å². The normalized spacial score (nSPS) is 12.2. The molecule has 1 unspecified atom stereocenters. The van der Waals surface area contributed by atoms with Gasteiger partial charge in [-0.05, 0) is 13.0 Å². The molecule has 0 aliphatic rings. The van der Waals surface area contributed by atoms with Gasteiger partial charge in [0.25, 0.3) is 0 Å². The molecule has 2 aromatic rings. The zero-order valence-electron chi connectivity index (χ0n) is 10.8. The summed E-state index contributed by atoms with van der Waals surface area (Å²) in [5.74, 6) is 0.000959. The summed E-state index contributed by atoms with van der Waals surface area (Å²) in [4.78, 5) is 7.91. The number of aromatic nitrogens is 2. The van der Waals surface area contributed by atoms with Gasteiger partial charge in [-0.3, -0.25) is 0 Å². The highest BCUT2D eigenvalue weighted by Crippen LogP contribution is 2.22. The van der Waals surface area contributed by atoms with Gasteiger partial charge < -0.3 is 9.84 Å². The van der Waals surface area contributed by atoms with Crippen LogP contribution in [0.4, 0.5) is 4.39 Å². The third-order valence-corrected chi connectivity index (χ3v) is 2.82. The van der Waals surface area contributed by atoms with E-state index in [4.69, 9.17) is 4.74 Å². The number of halogens is 1. The topological polar surface area (TPSA) is 55.2 Å². The molecule has 1 aromatic carbocycles. The Bertz CT molecular complexity index is 575. The predicted molar refractivity (Wildman–Crippen MR) is 68.4 cm³/mol. The number of benzene rings is 1.